The lowest BCUT2D eigenvalue weighted by Gasteiger charge is -2.42. The quantitative estimate of drug-likeness (QED) is 0.258. The number of rotatable bonds is 1. The van der Waals surface area contributed by atoms with Crippen LogP contribution in [-0.4, -0.2) is 21.8 Å². The summed E-state index contributed by atoms with van der Waals surface area (Å²) >= 11 is 0. The Balaban J connectivity index is 2.91. The summed E-state index contributed by atoms with van der Waals surface area (Å²) in [4.78, 5) is 0. The van der Waals surface area contributed by atoms with E-state index in [0.29, 0.717) is 12.8 Å². The van der Waals surface area contributed by atoms with Crippen LogP contribution in [0.25, 0.3) is 0 Å². The zero-order chi connectivity index (χ0) is 11.7. The van der Waals surface area contributed by atoms with E-state index in [9.17, 15) is 5.11 Å². The zero-order valence-electron chi connectivity index (χ0n) is 9.06. The fourth-order valence-electron chi connectivity index (χ4n) is 1.97. The molecule has 0 aromatic carbocycles. The van der Waals surface area contributed by atoms with Crippen molar-refractivity contribution in [2.24, 2.45) is 22.2 Å². The summed E-state index contributed by atoms with van der Waals surface area (Å²) in [6, 6.07) is 2.18. The summed E-state index contributed by atoms with van der Waals surface area (Å²) in [5.74, 6) is -0.477. The molecule has 2 atom stereocenters. The van der Waals surface area contributed by atoms with Crippen molar-refractivity contribution in [1.82, 2.24) is 0 Å². The number of hydrogen-bond donors (Lipinski definition) is 3. The summed E-state index contributed by atoms with van der Waals surface area (Å²) in [7, 11) is 0. The number of hydrogen-bond acceptors (Lipinski definition) is 4. The number of amidine groups is 1. The molecule has 0 radical (unpaired) electrons. The second-order valence-electron chi connectivity index (χ2n) is 4.89. The van der Waals surface area contributed by atoms with Crippen LogP contribution in [0.4, 0.5) is 0 Å². The Bertz CT molecular complexity index is 319. The van der Waals surface area contributed by atoms with E-state index in [1.807, 2.05) is 13.8 Å². The molecule has 0 aromatic heterocycles. The van der Waals surface area contributed by atoms with Crippen LogP contribution in [0.15, 0.2) is 5.16 Å². The van der Waals surface area contributed by atoms with Gasteiger partial charge in [0.2, 0.25) is 0 Å². The summed E-state index contributed by atoms with van der Waals surface area (Å²) in [5, 5.41) is 30.5. The van der Waals surface area contributed by atoms with Gasteiger partial charge >= 0.3 is 0 Å². The van der Waals surface area contributed by atoms with Crippen LogP contribution >= 0.6 is 0 Å². The average molecular weight is 211 g/mol. The van der Waals surface area contributed by atoms with Crippen molar-refractivity contribution < 1.29 is 10.3 Å². The fourth-order valence-corrected chi connectivity index (χ4v) is 1.97. The molecular formula is C10H17N3O2. The predicted octanol–water partition coefficient (Wildman–Crippen LogP) is 0.814. The molecule has 0 aliphatic heterocycles. The summed E-state index contributed by atoms with van der Waals surface area (Å²) in [5.41, 5.74) is 3.97. The molecule has 0 aromatic rings. The van der Waals surface area contributed by atoms with Gasteiger partial charge in [0.1, 0.15) is 5.60 Å². The van der Waals surface area contributed by atoms with Gasteiger partial charge in [0, 0.05) is 0 Å². The standard InChI is InChI=1S/C10H17N3O2/c1-9(2)3-4-10(14,8(12)13-15)5-7(9)6-11/h7,14-15H,3-5H2,1-2H3,(H2,12,13). The number of nitrogens with two attached hydrogens (primary N) is 1. The van der Waals surface area contributed by atoms with Crippen LogP contribution in [0.2, 0.25) is 0 Å². The minimum Gasteiger partial charge on any atom is -0.409 e. The van der Waals surface area contributed by atoms with Crippen molar-refractivity contribution >= 4 is 5.84 Å². The van der Waals surface area contributed by atoms with Crippen LogP contribution in [0.1, 0.15) is 33.1 Å². The van der Waals surface area contributed by atoms with Gasteiger partial charge in [-0.05, 0) is 24.7 Å². The summed E-state index contributed by atoms with van der Waals surface area (Å²) in [6.45, 7) is 3.99. The van der Waals surface area contributed by atoms with Gasteiger partial charge in [0.05, 0.1) is 12.0 Å². The molecule has 1 aliphatic rings. The minimum absolute atomic E-state index is 0.128. The van der Waals surface area contributed by atoms with E-state index < -0.39 is 5.60 Å². The lowest BCUT2D eigenvalue weighted by atomic mass is 9.64. The monoisotopic (exact) mass is 211 g/mol. The van der Waals surface area contributed by atoms with Gasteiger partial charge in [-0.1, -0.05) is 19.0 Å². The first-order valence-electron chi connectivity index (χ1n) is 4.96. The number of aliphatic hydroxyl groups is 1. The predicted molar refractivity (Wildman–Crippen MR) is 55.1 cm³/mol. The number of oxime groups is 1. The molecule has 1 aliphatic carbocycles. The van der Waals surface area contributed by atoms with Crippen molar-refractivity contribution in [2.75, 3.05) is 0 Å². The normalized spacial score (nSPS) is 35.9. The first-order valence-corrected chi connectivity index (χ1v) is 4.96. The minimum atomic E-state index is -1.33. The maximum atomic E-state index is 10.1. The maximum absolute atomic E-state index is 10.1. The van der Waals surface area contributed by atoms with Crippen molar-refractivity contribution in [3.63, 3.8) is 0 Å². The van der Waals surface area contributed by atoms with E-state index in [0.717, 1.165) is 0 Å². The van der Waals surface area contributed by atoms with Gasteiger partial charge in [-0.2, -0.15) is 5.26 Å². The third-order valence-electron chi connectivity index (χ3n) is 3.41. The van der Waals surface area contributed by atoms with Crippen LogP contribution < -0.4 is 5.73 Å². The molecule has 1 fully saturated rings. The first kappa shape index (κ1) is 11.8. The molecule has 0 bridgehead atoms. The molecule has 0 heterocycles. The molecule has 1 saturated carbocycles. The Morgan fingerprint density at radius 2 is 2.13 bits per heavy atom. The fraction of sp³-hybridized carbons (Fsp3) is 0.800. The van der Waals surface area contributed by atoms with E-state index in [4.69, 9.17) is 16.2 Å². The molecule has 4 N–H and O–H groups in total. The van der Waals surface area contributed by atoms with Crippen molar-refractivity contribution in [3.05, 3.63) is 0 Å². The van der Waals surface area contributed by atoms with E-state index >= 15 is 0 Å². The van der Waals surface area contributed by atoms with Gasteiger partial charge in [-0.3, -0.25) is 0 Å². The third-order valence-corrected chi connectivity index (χ3v) is 3.41. The molecule has 0 spiro atoms. The van der Waals surface area contributed by atoms with Crippen LogP contribution in [-0.2, 0) is 0 Å². The molecule has 1 rings (SSSR count). The molecule has 0 saturated heterocycles. The highest BCUT2D eigenvalue weighted by Gasteiger charge is 2.46. The van der Waals surface area contributed by atoms with E-state index in [-0.39, 0.29) is 23.6 Å². The molecule has 5 heteroatoms. The van der Waals surface area contributed by atoms with E-state index in [2.05, 4.69) is 11.2 Å². The van der Waals surface area contributed by atoms with Crippen molar-refractivity contribution in [3.8, 4) is 6.07 Å². The third kappa shape index (κ3) is 2.05. The average Bonchev–Trinajstić information content (AvgIpc) is 2.20. The van der Waals surface area contributed by atoms with Gasteiger partial charge in [-0.25, -0.2) is 0 Å². The highest BCUT2D eigenvalue weighted by molar-refractivity contribution is 5.88. The molecule has 5 nitrogen and oxygen atoms in total. The lowest BCUT2D eigenvalue weighted by Crippen LogP contribution is -2.51. The summed E-state index contributed by atoms with van der Waals surface area (Å²) in [6.07, 6.45) is 1.33. The Labute approximate surface area is 89.2 Å². The second kappa shape index (κ2) is 3.70. The van der Waals surface area contributed by atoms with Gasteiger partial charge < -0.3 is 16.0 Å². The van der Waals surface area contributed by atoms with Crippen LogP contribution in [0.5, 0.6) is 0 Å². The molecule has 84 valence electrons. The highest BCUT2D eigenvalue weighted by atomic mass is 16.4. The van der Waals surface area contributed by atoms with Gasteiger partial charge in [0.25, 0.3) is 0 Å². The van der Waals surface area contributed by atoms with Gasteiger partial charge in [0.15, 0.2) is 5.84 Å². The van der Waals surface area contributed by atoms with Crippen molar-refractivity contribution in [2.45, 2.75) is 38.7 Å². The zero-order valence-corrected chi connectivity index (χ0v) is 9.06. The van der Waals surface area contributed by atoms with Crippen molar-refractivity contribution in [1.29, 1.82) is 5.26 Å². The SMILES string of the molecule is CC1(C)CCC(O)(/C(N)=N/O)CC1C#N. The molecule has 15 heavy (non-hydrogen) atoms. The second-order valence-corrected chi connectivity index (χ2v) is 4.89. The maximum Gasteiger partial charge on any atom is 0.171 e. The number of nitriles is 1. The lowest BCUT2D eigenvalue weighted by molar-refractivity contribution is 0.00480. The molecular weight excluding hydrogens is 194 g/mol. The van der Waals surface area contributed by atoms with Gasteiger partial charge in [-0.15, -0.1) is 0 Å². The topological polar surface area (TPSA) is 103 Å². The van der Waals surface area contributed by atoms with Crippen LogP contribution in [0.3, 0.4) is 0 Å². The van der Waals surface area contributed by atoms with E-state index in [1.165, 1.54) is 0 Å². The Morgan fingerprint density at radius 3 is 2.60 bits per heavy atom. The Kier molecular flexibility index (Phi) is 2.91. The number of nitrogens with zero attached hydrogens (tertiary/aromatic N) is 2. The molecule has 0 amide bonds. The van der Waals surface area contributed by atoms with Crippen LogP contribution in [0, 0.1) is 22.7 Å². The Morgan fingerprint density at radius 1 is 1.53 bits per heavy atom. The Hall–Kier alpha value is -1.28. The first-order chi connectivity index (χ1) is 6.85. The van der Waals surface area contributed by atoms with E-state index in [1.54, 1.807) is 0 Å². The molecule has 2 unspecified atom stereocenters. The summed E-state index contributed by atoms with van der Waals surface area (Å²) < 4.78 is 0. The highest BCUT2D eigenvalue weighted by Crippen LogP contribution is 2.44. The smallest absolute Gasteiger partial charge is 0.171 e. The largest absolute Gasteiger partial charge is 0.409 e.